The van der Waals surface area contributed by atoms with Crippen LogP contribution in [0.4, 0.5) is 4.79 Å². The topological polar surface area (TPSA) is 134 Å². The van der Waals surface area contributed by atoms with E-state index < -0.39 is 56.7 Å². The van der Waals surface area contributed by atoms with Crippen molar-refractivity contribution >= 4 is 42.7 Å². The maximum atomic E-state index is 13.6. The van der Waals surface area contributed by atoms with Crippen molar-refractivity contribution < 1.29 is 38.9 Å². The molecule has 3 N–H and O–H groups in total. The lowest BCUT2D eigenvalue weighted by Gasteiger charge is -2.44. The van der Waals surface area contributed by atoms with Gasteiger partial charge in [-0.05, 0) is 70.4 Å². The summed E-state index contributed by atoms with van der Waals surface area (Å²) >= 11 is 0. The molecule has 50 heavy (non-hydrogen) atoms. The van der Waals surface area contributed by atoms with Crippen molar-refractivity contribution in [2.24, 2.45) is 17.8 Å². The van der Waals surface area contributed by atoms with E-state index in [1.165, 1.54) is 0 Å². The zero-order valence-corrected chi connectivity index (χ0v) is 30.3. The lowest BCUT2D eigenvalue weighted by Crippen LogP contribution is -2.66. The van der Waals surface area contributed by atoms with Crippen LogP contribution in [0.5, 0.6) is 5.75 Å². The number of allylic oxidation sites excluding steroid dienone is 1. The highest BCUT2D eigenvalue weighted by Gasteiger charge is 2.58. The van der Waals surface area contributed by atoms with Crippen LogP contribution in [0.2, 0.25) is 5.04 Å². The number of ether oxygens (including phenoxy) is 1. The normalized spacial score (nSPS) is 20.6. The number of aromatic hydroxyl groups is 1. The number of amides is 3. The summed E-state index contributed by atoms with van der Waals surface area (Å²) in [5, 5.41) is 34.5. The smallest absolute Gasteiger partial charge is 0.423 e. The van der Waals surface area contributed by atoms with Crippen molar-refractivity contribution in [2.75, 3.05) is 20.3 Å². The molecule has 264 valence electrons. The van der Waals surface area contributed by atoms with Crippen LogP contribution in [0.1, 0.15) is 52.5 Å². The Labute approximate surface area is 295 Å². The third kappa shape index (κ3) is 7.11. The summed E-state index contributed by atoms with van der Waals surface area (Å²) in [4.78, 5) is 40.4. The Hall–Kier alpha value is -4.35. The van der Waals surface area contributed by atoms with E-state index in [0.29, 0.717) is 22.5 Å². The molecule has 9 nitrogen and oxygen atoms in total. The number of imide groups is 3. The van der Waals surface area contributed by atoms with Gasteiger partial charge in [-0.25, -0.2) is 4.79 Å². The van der Waals surface area contributed by atoms with Crippen LogP contribution in [0, 0.1) is 17.8 Å². The summed E-state index contributed by atoms with van der Waals surface area (Å²) in [6, 6.07) is 27.1. The van der Waals surface area contributed by atoms with E-state index in [2.05, 4.69) is 45.0 Å². The quantitative estimate of drug-likeness (QED) is 0.142. The molecule has 0 bridgehead atoms. The van der Waals surface area contributed by atoms with E-state index >= 15 is 0 Å². The first kappa shape index (κ1) is 36.9. The largest absolute Gasteiger partial charge is 0.508 e. The number of phenols is 1. The third-order valence-corrected chi connectivity index (χ3v) is 15.1. The first-order valence-corrected chi connectivity index (χ1v) is 18.9. The van der Waals surface area contributed by atoms with Gasteiger partial charge in [-0.15, -0.1) is 0 Å². The molecular weight excluding hydrogens is 651 g/mol. The zero-order valence-electron chi connectivity index (χ0n) is 29.3. The van der Waals surface area contributed by atoms with Gasteiger partial charge in [0, 0.05) is 5.92 Å². The van der Waals surface area contributed by atoms with Crippen LogP contribution in [-0.4, -0.2) is 72.9 Å². The van der Waals surface area contributed by atoms with Crippen LogP contribution >= 0.6 is 0 Å². The number of likely N-dealkylation sites (tertiary alicyclic amines) is 1. The van der Waals surface area contributed by atoms with E-state index in [9.17, 15) is 29.7 Å². The highest BCUT2D eigenvalue weighted by Crippen LogP contribution is 2.47. The number of hydrogen-bond donors (Lipinski definition) is 3. The van der Waals surface area contributed by atoms with E-state index in [1.54, 1.807) is 18.2 Å². The number of methoxy groups -OCH3 is 1. The summed E-state index contributed by atoms with van der Waals surface area (Å²) in [7, 11) is -1.95. The molecule has 3 amide bonds. The molecule has 3 aromatic carbocycles. The second-order valence-electron chi connectivity index (χ2n) is 14.3. The molecule has 1 aliphatic carbocycles. The molecule has 0 spiro atoms. The number of aliphatic hydroxyl groups is 2. The van der Waals surface area contributed by atoms with E-state index in [1.807, 2.05) is 55.5 Å². The summed E-state index contributed by atoms with van der Waals surface area (Å²) in [5.41, 5.74) is 2.90. The van der Waals surface area contributed by atoms with Crippen LogP contribution < -0.4 is 10.4 Å². The third-order valence-electron chi connectivity index (χ3n) is 10.1. The Morgan fingerprint density at radius 3 is 2.14 bits per heavy atom. The van der Waals surface area contributed by atoms with Gasteiger partial charge in [-0.2, -0.15) is 4.90 Å². The maximum absolute atomic E-state index is 13.6. The van der Waals surface area contributed by atoms with Crippen molar-refractivity contribution in [3.63, 3.8) is 0 Å². The molecule has 10 heteroatoms. The van der Waals surface area contributed by atoms with Crippen LogP contribution in [0.25, 0.3) is 6.08 Å². The summed E-state index contributed by atoms with van der Waals surface area (Å²) in [6.45, 7) is 7.95. The van der Waals surface area contributed by atoms with E-state index in [0.717, 1.165) is 28.6 Å². The van der Waals surface area contributed by atoms with Crippen molar-refractivity contribution in [2.45, 2.75) is 58.1 Å². The van der Waals surface area contributed by atoms with Crippen LogP contribution in [0.3, 0.4) is 0 Å². The molecule has 0 radical (unpaired) electrons. The molecule has 3 aromatic rings. The van der Waals surface area contributed by atoms with Gasteiger partial charge in [0.15, 0.2) is 0 Å². The SMILES string of the molecule is COC(=O)N1C(=O)[C@@H]2[C@@H](CC(CO[Si](c3ccccc3)(c3ccccc3)C(C)(C)C)=C([C@H](O)CC/C(C)=C/c3cccc(O)c3)[C@@H]2CO)C1=O. The van der Waals surface area contributed by atoms with Crippen molar-refractivity contribution in [3.05, 3.63) is 107 Å². The molecule has 0 saturated carbocycles. The average Bonchev–Trinajstić information content (AvgIpc) is 3.35. The Bertz CT molecular complexity index is 1730. The number of rotatable bonds is 11. The Kier molecular flexibility index (Phi) is 11.3. The number of aliphatic hydroxyl groups excluding tert-OH is 2. The van der Waals surface area contributed by atoms with Gasteiger partial charge in [0.2, 0.25) is 11.8 Å². The lowest BCUT2D eigenvalue weighted by molar-refractivity contribution is -0.137. The number of fused-ring (bicyclic) bond motifs is 1. The molecule has 0 unspecified atom stereocenters. The summed E-state index contributed by atoms with van der Waals surface area (Å²) in [5.74, 6) is -4.12. The van der Waals surface area contributed by atoms with Crippen LogP contribution in [0.15, 0.2) is 102 Å². The fraction of sp³-hybridized carbons (Fsp3) is 0.375. The van der Waals surface area contributed by atoms with Crippen molar-refractivity contribution in [3.8, 4) is 5.75 Å². The number of nitrogens with zero attached hydrogens (tertiary/aromatic N) is 1. The molecular formula is C40H47NO8Si. The molecule has 5 rings (SSSR count). The van der Waals surface area contributed by atoms with Gasteiger partial charge in [-0.1, -0.05) is 105 Å². The highest BCUT2D eigenvalue weighted by atomic mass is 28.4. The fourth-order valence-corrected chi connectivity index (χ4v) is 12.4. The van der Waals surface area contributed by atoms with E-state index in [4.69, 9.17) is 9.16 Å². The van der Waals surface area contributed by atoms with Crippen LogP contribution in [-0.2, 0) is 18.8 Å². The molecule has 0 aromatic heterocycles. The monoisotopic (exact) mass is 697 g/mol. The van der Waals surface area contributed by atoms with Gasteiger partial charge >= 0.3 is 6.09 Å². The summed E-state index contributed by atoms with van der Waals surface area (Å²) in [6.07, 6.45) is 0.635. The first-order chi connectivity index (χ1) is 23.8. The highest BCUT2D eigenvalue weighted by molar-refractivity contribution is 6.99. The van der Waals surface area contributed by atoms with Crippen molar-refractivity contribution in [1.82, 2.24) is 4.90 Å². The molecule has 1 aliphatic heterocycles. The van der Waals surface area contributed by atoms with Gasteiger partial charge in [-0.3, -0.25) is 9.59 Å². The number of hydrogen-bond acceptors (Lipinski definition) is 8. The number of carbonyl (C=O) groups excluding carboxylic acids is 3. The lowest BCUT2D eigenvalue weighted by atomic mass is 9.68. The summed E-state index contributed by atoms with van der Waals surface area (Å²) < 4.78 is 12.0. The first-order valence-electron chi connectivity index (χ1n) is 17.0. The second-order valence-corrected chi connectivity index (χ2v) is 18.6. The predicted molar refractivity (Wildman–Crippen MR) is 194 cm³/mol. The number of benzene rings is 3. The average molecular weight is 698 g/mol. The minimum atomic E-state index is -3.06. The Balaban J connectivity index is 1.58. The maximum Gasteiger partial charge on any atom is 0.423 e. The predicted octanol–water partition coefficient (Wildman–Crippen LogP) is 5.19. The molecule has 1 heterocycles. The number of phenolic OH excluding ortho intramolecular Hbond substituents is 1. The van der Waals surface area contributed by atoms with Gasteiger partial charge in [0.25, 0.3) is 8.32 Å². The Morgan fingerprint density at radius 2 is 1.60 bits per heavy atom. The Morgan fingerprint density at radius 1 is 0.980 bits per heavy atom. The zero-order chi connectivity index (χ0) is 36.2. The molecule has 1 saturated heterocycles. The van der Waals surface area contributed by atoms with Gasteiger partial charge in [0.1, 0.15) is 5.75 Å². The molecule has 1 fully saturated rings. The van der Waals surface area contributed by atoms with Crippen molar-refractivity contribution in [1.29, 1.82) is 0 Å². The van der Waals surface area contributed by atoms with Gasteiger partial charge < -0.3 is 24.5 Å². The molecule has 2 aliphatic rings. The minimum absolute atomic E-state index is 0.0528. The van der Waals surface area contributed by atoms with E-state index in [-0.39, 0.29) is 30.2 Å². The fourth-order valence-electron chi connectivity index (χ4n) is 7.81. The minimum Gasteiger partial charge on any atom is -0.508 e. The standard InChI is InChI=1S/C40H47NO8Si/c1-26(21-27-13-12-14-29(43)22-27)19-20-34(44)35-28(23-32-36(33(35)24-42)38(46)41(37(32)45)39(47)48-5)25-49-50(40(2,3)4,30-15-8-6-9-16-30)31-17-10-7-11-18-31/h6-18,21-22,32-34,36,42-44H,19-20,23-25H2,1-5H3/b26-21+/t32-,33+,34-,36-/m1/s1. The molecule has 4 atom stereocenters. The van der Waals surface area contributed by atoms with Gasteiger partial charge in [0.05, 0.1) is 38.3 Å². The second kappa shape index (κ2) is 15.3. The number of carbonyl (C=O) groups is 3.